The largest absolute Gasteiger partial charge is 0.788 e. The molecule has 2 nitrogen and oxygen atoms in total. The standard InChI is InChI=1S/C8H10NO/c1-7-2-4-8(5-3-7)6-9-10/h2-5,9H,6H2,1H3/q-1. The molecule has 54 valence electrons. The molecule has 2 heteroatoms. The predicted octanol–water partition coefficient (Wildman–Crippen LogP) is 1.58. The summed E-state index contributed by atoms with van der Waals surface area (Å²) in [7, 11) is 0. The Labute approximate surface area is 60.5 Å². The number of aryl methyl sites for hydroxylation is 1. The van der Waals surface area contributed by atoms with Crippen molar-refractivity contribution in [3.05, 3.63) is 40.6 Å². The van der Waals surface area contributed by atoms with Gasteiger partial charge < -0.3 is 10.7 Å². The molecule has 0 saturated carbocycles. The second-order valence-corrected chi connectivity index (χ2v) is 2.31. The van der Waals surface area contributed by atoms with Crippen molar-refractivity contribution in [2.45, 2.75) is 13.5 Å². The van der Waals surface area contributed by atoms with Crippen LogP contribution in [0.2, 0.25) is 0 Å². The van der Waals surface area contributed by atoms with Crippen LogP contribution >= 0.6 is 0 Å². The van der Waals surface area contributed by atoms with Crippen molar-refractivity contribution in [1.82, 2.24) is 5.48 Å². The number of hydrogen-bond acceptors (Lipinski definition) is 2. The average Bonchev–Trinajstić information content (AvgIpc) is 1.95. The van der Waals surface area contributed by atoms with Crippen molar-refractivity contribution >= 4 is 0 Å². The van der Waals surface area contributed by atoms with Gasteiger partial charge >= 0.3 is 0 Å². The molecule has 0 spiro atoms. The lowest BCUT2D eigenvalue weighted by molar-refractivity contribution is 0.875. The van der Waals surface area contributed by atoms with E-state index in [4.69, 9.17) is 0 Å². The van der Waals surface area contributed by atoms with Gasteiger partial charge in [-0.05, 0) is 12.5 Å². The zero-order chi connectivity index (χ0) is 7.40. The predicted molar refractivity (Wildman–Crippen MR) is 41.4 cm³/mol. The van der Waals surface area contributed by atoms with E-state index in [2.05, 4.69) is 0 Å². The third-order valence-corrected chi connectivity index (χ3v) is 1.40. The van der Waals surface area contributed by atoms with Crippen LogP contribution in [-0.2, 0) is 6.54 Å². The fourth-order valence-electron chi connectivity index (χ4n) is 0.789. The van der Waals surface area contributed by atoms with Crippen molar-refractivity contribution in [2.75, 3.05) is 0 Å². The molecule has 0 aliphatic heterocycles. The lowest BCUT2D eigenvalue weighted by Gasteiger charge is -2.06. The molecule has 1 aromatic carbocycles. The smallest absolute Gasteiger partial charge is 0.00890 e. The Bertz CT molecular complexity index is 193. The molecule has 1 rings (SSSR count). The monoisotopic (exact) mass is 136 g/mol. The third kappa shape index (κ3) is 1.83. The van der Waals surface area contributed by atoms with E-state index in [1.807, 2.05) is 36.7 Å². The van der Waals surface area contributed by atoms with Crippen LogP contribution < -0.4 is 5.48 Å². The summed E-state index contributed by atoms with van der Waals surface area (Å²) in [6, 6.07) is 7.87. The maximum absolute atomic E-state index is 9.93. The van der Waals surface area contributed by atoms with Gasteiger partial charge in [-0.2, -0.15) is 0 Å². The van der Waals surface area contributed by atoms with E-state index in [-0.39, 0.29) is 0 Å². The second kappa shape index (κ2) is 3.34. The van der Waals surface area contributed by atoms with Crippen LogP contribution in [0.25, 0.3) is 0 Å². The Hall–Kier alpha value is -0.860. The van der Waals surface area contributed by atoms with Gasteiger partial charge in [-0.15, -0.1) is 0 Å². The molecule has 0 heterocycles. The number of hydroxylamine groups is 1. The van der Waals surface area contributed by atoms with Crippen LogP contribution in [0, 0.1) is 12.1 Å². The second-order valence-electron chi connectivity index (χ2n) is 2.31. The van der Waals surface area contributed by atoms with Crippen LogP contribution in [-0.4, -0.2) is 0 Å². The Kier molecular flexibility index (Phi) is 2.42. The normalized spacial score (nSPS) is 9.80. The van der Waals surface area contributed by atoms with Crippen molar-refractivity contribution in [3.63, 3.8) is 0 Å². The SMILES string of the molecule is Cc1ccc(CN[O-])cc1. The van der Waals surface area contributed by atoms with Crippen LogP contribution in [0.15, 0.2) is 24.3 Å². The molecule has 10 heavy (non-hydrogen) atoms. The van der Waals surface area contributed by atoms with Crippen molar-refractivity contribution < 1.29 is 0 Å². The van der Waals surface area contributed by atoms with E-state index in [1.165, 1.54) is 5.56 Å². The van der Waals surface area contributed by atoms with Crippen molar-refractivity contribution in [2.24, 2.45) is 0 Å². The first-order chi connectivity index (χ1) is 4.83. The minimum absolute atomic E-state index is 0.403. The highest BCUT2D eigenvalue weighted by molar-refractivity contribution is 5.20. The molecule has 1 aromatic rings. The Morgan fingerprint density at radius 3 is 2.40 bits per heavy atom. The fraction of sp³-hybridized carbons (Fsp3) is 0.250. The van der Waals surface area contributed by atoms with Gasteiger partial charge in [0, 0.05) is 6.54 Å². The molecule has 0 radical (unpaired) electrons. The fourth-order valence-corrected chi connectivity index (χ4v) is 0.789. The van der Waals surface area contributed by atoms with Gasteiger partial charge in [0.25, 0.3) is 0 Å². The highest BCUT2D eigenvalue weighted by atomic mass is 16.5. The zero-order valence-electron chi connectivity index (χ0n) is 5.92. The molecule has 0 saturated heterocycles. The summed E-state index contributed by atoms with van der Waals surface area (Å²) in [6.45, 7) is 2.43. The van der Waals surface area contributed by atoms with Crippen LogP contribution in [0.1, 0.15) is 11.1 Å². The minimum Gasteiger partial charge on any atom is -0.788 e. The molecule has 0 aromatic heterocycles. The lowest BCUT2D eigenvalue weighted by Crippen LogP contribution is -2.01. The zero-order valence-corrected chi connectivity index (χ0v) is 5.92. The number of rotatable bonds is 2. The topological polar surface area (TPSA) is 35.1 Å². The van der Waals surface area contributed by atoms with Gasteiger partial charge in [0.2, 0.25) is 0 Å². The molecule has 0 aliphatic carbocycles. The quantitative estimate of drug-likeness (QED) is 0.626. The number of nitrogens with one attached hydrogen (secondary N) is 1. The molecule has 0 fully saturated rings. The lowest BCUT2D eigenvalue weighted by atomic mass is 10.2. The maximum atomic E-state index is 9.93. The molecule has 1 N–H and O–H groups in total. The summed E-state index contributed by atoms with van der Waals surface area (Å²) in [5.41, 5.74) is 4.10. The van der Waals surface area contributed by atoms with E-state index in [1.54, 1.807) is 0 Å². The first kappa shape index (κ1) is 7.25. The highest BCUT2D eigenvalue weighted by Gasteiger charge is 1.85. The summed E-state index contributed by atoms with van der Waals surface area (Å²) in [6.07, 6.45) is 0. The summed E-state index contributed by atoms with van der Waals surface area (Å²) < 4.78 is 0. The number of benzene rings is 1. The Balaban J connectivity index is 2.69. The molecular weight excluding hydrogens is 126 g/mol. The van der Waals surface area contributed by atoms with Crippen LogP contribution in [0.4, 0.5) is 0 Å². The van der Waals surface area contributed by atoms with E-state index >= 15 is 0 Å². The van der Waals surface area contributed by atoms with Gasteiger partial charge in [-0.25, -0.2) is 0 Å². The van der Waals surface area contributed by atoms with Crippen molar-refractivity contribution in [1.29, 1.82) is 0 Å². The average molecular weight is 136 g/mol. The summed E-state index contributed by atoms with van der Waals surface area (Å²) >= 11 is 0. The van der Waals surface area contributed by atoms with Gasteiger partial charge in [0.1, 0.15) is 0 Å². The molecule has 0 unspecified atom stereocenters. The molecule has 0 atom stereocenters. The van der Waals surface area contributed by atoms with Gasteiger partial charge in [0.05, 0.1) is 0 Å². The van der Waals surface area contributed by atoms with Crippen molar-refractivity contribution in [3.8, 4) is 0 Å². The molecule has 0 bridgehead atoms. The summed E-state index contributed by atoms with van der Waals surface area (Å²) in [4.78, 5) is 0. The Morgan fingerprint density at radius 1 is 1.30 bits per heavy atom. The van der Waals surface area contributed by atoms with E-state index in [9.17, 15) is 5.21 Å². The highest BCUT2D eigenvalue weighted by Crippen LogP contribution is 2.01. The van der Waals surface area contributed by atoms with Crippen LogP contribution in [0.3, 0.4) is 0 Å². The maximum Gasteiger partial charge on any atom is 0.00890 e. The minimum atomic E-state index is 0.403. The van der Waals surface area contributed by atoms with E-state index in [0.717, 1.165) is 5.56 Å². The van der Waals surface area contributed by atoms with Gasteiger partial charge in [0.15, 0.2) is 0 Å². The van der Waals surface area contributed by atoms with E-state index < -0.39 is 0 Å². The molecule has 0 aliphatic rings. The van der Waals surface area contributed by atoms with E-state index in [0.29, 0.717) is 6.54 Å². The van der Waals surface area contributed by atoms with Crippen LogP contribution in [0.5, 0.6) is 0 Å². The number of hydrogen-bond donors (Lipinski definition) is 1. The third-order valence-electron chi connectivity index (χ3n) is 1.40. The Morgan fingerprint density at radius 2 is 1.90 bits per heavy atom. The molecule has 0 amide bonds. The van der Waals surface area contributed by atoms with Gasteiger partial charge in [-0.3, -0.25) is 0 Å². The summed E-state index contributed by atoms with van der Waals surface area (Å²) in [5.74, 6) is 0. The molecular formula is C8H10NO-. The summed E-state index contributed by atoms with van der Waals surface area (Å²) in [5, 5.41) is 9.93. The van der Waals surface area contributed by atoms with Gasteiger partial charge in [-0.1, -0.05) is 29.8 Å². The first-order valence-corrected chi connectivity index (χ1v) is 3.23. The first-order valence-electron chi connectivity index (χ1n) is 3.23.